The highest BCUT2D eigenvalue weighted by Crippen LogP contribution is 2.68. The van der Waals surface area contributed by atoms with Crippen molar-refractivity contribution < 1.29 is 37.4 Å². The van der Waals surface area contributed by atoms with Crippen molar-refractivity contribution in [2.24, 2.45) is 0 Å². The van der Waals surface area contributed by atoms with E-state index in [4.69, 9.17) is 24.3 Å². The highest BCUT2D eigenvalue weighted by atomic mass is 31.2. The Morgan fingerprint density at radius 2 is 1.97 bits per heavy atom. The molecule has 36 heavy (non-hydrogen) atoms. The highest BCUT2D eigenvalue weighted by Gasteiger charge is 2.88. The topological polar surface area (TPSA) is 164 Å². The molecular formula is C22H28FN4O8P. The van der Waals surface area contributed by atoms with Gasteiger partial charge in [-0.05, 0) is 45.9 Å². The van der Waals surface area contributed by atoms with Gasteiger partial charge in [-0.1, -0.05) is 18.2 Å². The number of carbonyl (C=O) groups is 1. The summed E-state index contributed by atoms with van der Waals surface area (Å²) in [7, 11) is -4.42. The lowest BCUT2D eigenvalue weighted by molar-refractivity contribution is -0.149. The number of aliphatic hydroxyl groups is 1. The van der Waals surface area contributed by atoms with Gasteiger partial charge in [0.1, 0.15) is 29.3 Å². The summed E-state index contributed by atoms with van der Waals surface area (Å²) in [5.74, 6) is -0.645. The molecule has 2 fully saturated rings. The third-order valence-corrected chi connectivity index (χ3v) is 7.69. The molecule has 1 aliphatic carbocycles. The molecule has 0 amide bonds. The van der Waals surface area contributed by atoms with Crippen LogP contribution in [0.25, 0.3) is 0 Å². The van der Waals surface area contributed by atoms with E-state index in [2.05, 4.69) is 10.1 Å². The normalized spacial score (nSPS) is 31.4. The van der Waals surface area contributed by atoms with Gasteiger partial charge in [0.05, 0.1) is 6.10 Å². The van der Waals surface area contributed by atoms with Gasteiger partial charge < -0.3 is 24.8 Å². The number of ether oxygens (including phenoxy) is 2. The molecule has 2 aromatic rings. The Balaban J connectivity index is 1.57. The zero-order valence-corrected chi connectivity index (χ0v) is 20.9. The molecule has 7 atom stereocenters. The number of halogens is 1. The Hall–Kier alpha value is -2.83. The smallest absolute Gasteiger partial charge is 0.459 e. The van der Waals surface area contributed by atoms with E-state index in [9.17, 15) is 19.3 Å². The molecule has 2 aliphatic rings. The van der Waals surface area contributed by atoms with Gasteiger partial charge in [-0.3, -0.25) is 13.9 Å². The van der Waals surface area contributed by atoms with E-state index < -0.39 is 61.3 Å². The fraction of sp³-hybridized carbons (Fsp3) is 0.500. The van der Waals surface area contributed by atoms with E-state index in [1.165, 1.54) is 38.2 Å². The van der Waals surface area contributed by atoms with Crippen molar-refractivity contribution in [2.45, 2.75) is 69.5 Å². The van der Waals surface area contributed by atoms with Crippen LogP contribution in [0.4, 0.5) is 10.2 Å². The predicted octanol–water partition coefficient (Wildman–Crippen LogP) is 1.70. The van der Waals surface area contributed by atoms with Crippen LogP contribution < -0.4 is 21.0 Å². The average molecular weight is 526 g/mol. The molecule has 0 bridgehead atoms. The molecule has 2 unspecified atom stereocenters. The lowest BCUT2D eigenvalue weighted by atomic mass is 10.1. The minimum atomic E-state index is -4.42. The second kappa shape index (κ2) is 9.24. The molecule has 12 nitrogen and oxygen atoms in total. The number of fused-ring (bicyclic) bond motifs is 1. The Bertz CT molecular complexity index is 1250. The number of rotatable bonds is 9. The summed E-state index contributed by atoms with van der Waals surface area (Å²) in [6.45, 7) is 6.05. The molecule has 1 saturated carbocycles. The molecule has 2 heterocycles. The first-order chi connectivity index (χ1) is 16.8. The van der Waals surface area contributed by atoms with Gasteiger partial charge in [0.15, 0.2) is 18.0 Å². The van der Waals surface area contributed by atoms with Crippen LogP contribution >= 0.6 is 7.75 Å². The first-order valence-corrected chi connectivity index (χ1v) is 12.8. The SMILES string of the molecule is CC(C)OC(=O)[C@H](C)NP(=O)(Oc1ccccc1)OC1[C@@]2(C)O[C@@H](n3ccc(N)nc3=O)[C@H](F)[C@@]12O. The number of aromatic nitrogens is 2. The third kappa shape index (κ3) is 4.53. The maximum absolute atomic E-state index is 15.5. The van der Waals surface area contributed by atoms with E-state index in [0.29, 0.717) is 0 Å². The lowest BCUT2D eigenvalue weighted by Gasteiger charge is -2.27. The Morgan fingerprint density at radius 1 is 1.31 bits per heavy atom. The van der Waals surface area contributed by atoms with E-state index in [1.807, 2.05) is 0 Å². The van der Waals surface area contributed by atoms with Crippen molar-refractivity contribution in [2.75, 3.05) is 5.73 Å². The van der Waals surface area contributed by atoms with Crippen LogP contribution in [0.3, 0.4) is 0 Å². The van der Waals surface area contributed by atoms with Crippen molar-refractivity contribution in [1.29, 1.82) is 0 Å². The predicted molar refractivity (Wildman–Crippen MR) is 125 cm³/mol. The van der Waals surface area contributed by atoms with Crippen LogP contribution in [0.2, 0.25) is 0 Å². The molecule has 0 spiro atoms. The summed E-state index contributed by atoms with van der Waals surface area (Å²) < 4.78 is 52.1. The number of alkyl halides is 1. The number of hydrogen-bond acceptors (Lipinski definition) is 10. The van der Waals surface area contributed by atoms with E-state index >= 15 is 4.39 Å². The van der Waals surface area contributed by atoms with Gasteiger partial charge in [-0.25, -0.2) is 13.8 Å². The summed E-state index contributed by atoms with van der Waals surface area (Å²) >= 11 is 0. The molecule has 4 N–H and O–H groups in total. The van der Waals surface area contributed by atoms with Gasteiger partial charge in [0.25, 0.3) is 0 Å². The zero-order chi connectivity index (χ0) is 26.5. The first kappa shape index (κ1) is 26.2. The van der Waals surface area contributed by atoms with Crippen molar-refractivity contribution in [1.82, 2.24) is 14.6 Å². The number of nitrogens with one attached hydrogen (secondary N) is 1. The van der Waals surface area contributed by atoms with Crippen LogP contribution in [0.15, 0.2) is 47.4 Å². The Morgan fingerprint density at radius 3 is 2.53 bits per heavy atom. The Kier molecular flexibility index (Phi) is 6.73. The summed E-state index contributed by atoms with van der Waals surface area (Å²) in [4.78, 5) is 28.0. The van der Waals surface area contributed by atoms with Gasteiger partial charge in [0, 0.05) is 6.20 Å². The van der Waals surface area contributed by atoms with Crippen molar-refractivity contribution in [3.8, 4) is 5.75 Å². The second-order valence-electron chi connectivity index (χ2n) is 9.11. The van der Waals surface area contributed by atoms with E-state index in [1.54, 1.807) is 32.0 Å². The average Bonchev–Trinajstić information content (AvgIpc) is 3.15. The van der Waals surface area contributed by atoms with E-state index in [0.717, 1.165) is 4.57 Å². The molecule has 14 heteroatoms. The van der Waals surface area contributed by atoms with Gasteiger partial charge in [0.2, 0.25) is 0 Å². The number of para-hydroxylation sites is 1. The van der Waals surface area contributed by atoms with Crippen LogP contribution in [0.1, 0.15) is 33.9 Å². The number of esters is 1. The Labute approximate surface area is 206 Å². The maximum Gasteiger partial charge on any atom is 0.459 e. The summed E-state index contributed by atoms with van der Waals surface area (Å²) in [6, 6.07) is 8.11. The van der Waals surface area contributed by atoms with Crippen LogP contribution in [0, 0.1) is 0 Å². The molecule has 1 aliphatic heterocycles. The summed E-state index contributed by atoms with van der Waals surface area (Å²) in [5, 5.41) is 13.6. The number of carbonyl (C=O) groups excluding carboxylic acids is 1. The summed E-state index contributed by atoms with van der Waals surface area (Å²) in [6.07, 6.45) is -4.39. The monoisotopic (exact) mass is 526 g/mol. The van der Waals surface area contributed by atoms with Crippen molar-refractivity contribution >= 4 is 19.5 Å². The number of nitrogen functional groups attached to an aromatic ring is 1. The van der Waals surface area contributed by atoms with Crippen LogP contribution in [-0.4, -0.2) is 56.3 Å². The van der Waals surface area contributed by atoms with Gasteiger partial charge in [-0.2, -0.15) is 10.1 Å². The minimum absolute atomic E-state index is 0.0591. The van der Waals surface area contributed by atoms with Crippen LogP contribution in [0.5, 0.6) is 5.75 Å². The molecule has 196 valence electrons. The number of anilines is 1. The standard InChI is InChI=1S/C22H28FN4O8P/c1-12(2)32-18(28)13(3)26-36(31,34-14-8-6-5-7-9-14)35-19-21(4)22(19,30)16(23)17(33-21)27-11-10-15(24)25-20(27)29/h5-13,16-17,19,30H,1-4H3,(H,26,31)(H2,24,25,29)/t13-,16-,17+,19?,21+,22+,36?/m0/s1. The number of nitrogens with zero attached hydrogens (tertiary/aromatic N) is 2. The first-order valence-electron chi connectivity index (χ1n) is 11.2. The zero-order valence-electron chi connectivity index (χ0n) is 20.0. The molecule has 1 saturated heterocycles. The largest absolute Gasteiger partial charge is 0.462 e. The quantitative estimate of drug-likeness (QED) is 0.322. The van der Waals surface area contributed by atoms with Crippen LogP contribution in [-0.2, 0) is 23.4 Å². The third-order valence-electron chi connectivity index (χ3n) is 6.04. The number of nitrogens with two attached hydrogens (primary N) is 1. The fourth-order valence-corrected chi connectivity index (χ4v) is 5.90. The number of hydrogen-bond donors (Lipinski definition) is 3. The lowest BCUT2D eigenvalue weighted by Crippen LogP contribution is -2.40. The minimum Gasteiger partial charge on any atom is -0.462 e. The molecule has 0 radical (unpaired) electrons. The molecule has 1 aromatic heterocycles. The van der Waals surface area contributed by atoms with Crippen molar-refractivity contribution in [3.05, 3.63) is 53.1 Å². The van der Waals surface area contributed by atoms with E-state index in [-0.39, 0.29) is 11.6 Å². The molecular weight excluding hydrogens is 498 g/mol. The second-order valence-corrected chi connectivity index (χ2v) is 10.8. The van der Waals surface area contributed by atoms with Gasteiger partial charge >= 0.3 is 19.4 Å². The van der Waals surface area contributed by atoms with Gasteiger partial charge in [-0.15, -0.1) is 0 Å². The molecule has 4 rings (SSSR count). The fourth-order valence-electron chi connectivity index (χ4n) is 4.12. The maximum atomic E-state index is 15.5. The highest BCUT2D eigenvalue weighted by molar-refractivity contribution is 7.52. The molecule has 1 aromatic carbocycles. The number of benzene rings is 1. The van der Waals surface area contributed by atoms with Crippen molar-refractivity contribution in [3.63, 3.8) is 0 Å². The summed E-state index contributed by atoms with van der Waals surface area (Å²) in [5.41, 5.74) is 0.631.